The molecule has 5 heteroatoms. The van der Waals surface area contributed by atoms with Crippen LogP contribution in [0.15, 0.2) is 22.7 Å². The standard InChI is InChI=1S/C13H17BrN2O.ClH/c1-2-13(5-6-13)8-16-12(17)10-4-3-9(14)7-11(10)15;/h3-4,7H,2,5-6,8,15H2,1H3,(H,16,17);1H. The Morgan fingerprint density at radius 2 is 2.17 bits per heavy atom. The lowest BCUT2D eigenvalue weighted by Crippen LogP contribution is -2.30. The number of nitrogens with one attached hydrogen (secondary N) is 1. The third kappa shape index (κ3) is 3.39. The van der Waals surface area contributed by atoms with Gasteiger partial charge in [-0.2, -0.15) is 0 Å². The monoisotopic (exact) mass is 332 g/mol. The van der Waals surface area contributed by atoms with Gasteiger partial charge in [-0.15, -0.1) is 12.4 Å². The van der Waals surface area contributed by atoms with E-state index in [-0.39, 0.29) is 18.3 Å². The largest absolute Gasteiger partial charge is 0.398 e. The van der Waals surface area contributed by atoms with Gasteiger partial charge in [-0.3, -0.25) is 4.79 Å². The molecule has 18 heavy (non-hydrogen) atoms. The lowest BCUT2D eigenvalue weighted by atomic mass is 10.0. The van der Waals surface area contributed by atoms with Crippen LogP contribution < -0.4 is 11.1 Å². The van der Waals surface area contributed by atoms with Gasteiger partial charge in [0.05, 0.1) is 5.56 Å². The Morgan fingerprint density at radius 3 is 2.67 bits per heavy atom. The Morgan fingerprint density at radius 1 is 1.50 bits per heavy atom. The molecule has 3 nitrogen and oxygen atoms in total. The highest BCUT2D eigenvalue weighted by Crippen LogP contribution is 2.47. The number of hydrogen-bond acceptors (Lipinski definition) is 2. The molecule has 1 aromatic rings. The Hall–Kier alpha value is -0.740. The van der Waals surface area contributed by atoms with E-state index in [1.165, 1.54) is 12.8 Å². The number of hydrogen-bond donors (Lipinski definition) is 2. The molecule has 2 rings (SSSR count). The Balaban J connectivity index is 0.00000162. The topological polar surface area (TPSA) is 55.1 Å². The fourth-order valence-electron chi connectivity index (χ4n) is 1.94. The minimum atomic E-state index is -0.0743. The van der Waals surface area contributed by atoms with Gasteiger partial charge in [-0.05, 0) is 42.9 Å². The summed E-state index contributed by atoms with van der Waals surface area (Å²) >= 11 is 3.33. The number of carbonyl (C=O) groups excluding carboxylic acids is 1. The molecule has 1 fully saturated rings. The van der Waals surface area contributed by atoms with Gasteiger partial charge in [0.1, 0.15) is 0 Å². The van der Waals surface area contributed by atoms with Crippen LogP contribution in [0.5, 0.6) is 0 Å². The Labute approximate surface area is 122 Å². The summed E-state index contributed by atoms with van der Waals surface area (Å²) in [5, 5.41) is 2.98. The SMILES string of the molecule is CCC1(CNC(=O)c2ccc(Br)cc2N)CC1.Cl. The van der Waals surface area contributed by atoms with Crippen LogP contribution in [0, 0.1) is 5.41 Å². The number of halogens is 2. The van der Waals surface area contributed by atoms with Crippen molar-refractivity contribution in [2.75, 3.05) is 12.3 Å². The first-order valence-corrected chi connectivity index (χ1v) is 6.69. The average Bonchev–Trinajstić information content (AvgIpc) is 3.07. The van der Waals surface area contributed by atoms with E-state index in [1.54, 1.807) is 12.1 Å². The lowest BCUT2D eigenvalue weighted by Gasteiger charge is -2.14. The van der Waals surface area contributed by atoms with Crippen molar-refractivity contribution >= 4 is 39.9 Å². The molecule has 1 aromatic carbocycles. The van der Waals surface area contributed by atoms with Crippen molar-refractivity contribution in [2.45, 2.75) is 26.2 Å². The Kier molecular flexibility index (Phi) is 5.05. The summed E-state index contributed by atoms with van der Waals surface area (Å²) in [5.41, 5.74) is 7.25. The smallest absolute Gasteiger partial charge is 0.253 e. The van der Waals surface area contributed by atoms with Crippen LogP contribution in [0.25, 0.3) is 0 Å². The van der Waals surface area contributed by atoms with Gasteiger partial charge >= 0.3 is 0 Å². The van der Waals surface area contributed by atoms with Crippen LogP contribution in [0.2, 0.25) is 0 Å². The highest BCUT2D eigenvalue weighted by atomic mass is 79.9. The predicted molar refractivity (Wildman–Crippen MR) is 80.1 cm³/mol. The van der Waals surface area contributed by atoms with Gasteiger partial charge in [0.15, 0.2) is 0 Å². The van der Waals surface area contributed by atoms with Crippen molar-refractivity contribution in [3.05, 3.63) is 28.2 Å². The first kappa shape index (κ1) is 15.3. The summed E-state index contributed by atoms with van der Waals surface area (Å²) in [7, 11) is 0. The molecule has 0 saturated heterocycles. The fourth-order valence-corrected chi connectivity index (χ4v) is 2.31. The second-order valence-electron chi connectivity index (χ2n) is 4.77. The van der Waals surface area contributed by atoms with Gasteiger partial charge in [0.25, 0.3) is 5.91 Å². The van der Waals surface area contributed by atoms with E-state index in [0.717, 1.165) is 17.4 Å². The summed E-state index contributed by atoms with van der Waals surface area (Å²) in [6, 6.07) is 5.33. The molecule has 0 heterocycles. The van der Waals surface area contributed by atoms with Crippen LogP contribution in [0.3, 0.4) is 0 Å². The third-order valence-corrected chi connectivity index (χ3v) is 4.08. The first-order valence-electron chi connectivity index (χ1n) is 5.89. The maximum absolute atomic E-state index is 12.0. The zero-order valence-corrected chi connectivity index (χ0v) is 12.7. The second-order valence-corrected chi connectivity index (χ2v) is 5.68. The number of nitrogen functional groups attached to an aromatic ring is 1. The van der Waals surface area contributed by atoms with Crippen molar-refractivity contribution in [2.24, 2.45) is 5.41 Å². The molecular formula is C13H18BrClN2O. The van der Waals surface area contributed by atoms with Gasteiger partial charge < -0.3 is 11.1 Å². The molecule has 0 spiro atoms. The van der Waals surface area contributed by atoms with E-state index >= 15 is 0 Å². The normalized spacial score (nSPS) is 15.7. The highest BCUT2D eigenvalue weighted by Gasteiger charge is 2.40. The number of nitrogens with two attached hydrogens (primary N) is 1. The minimum absolute atomic E-state index is 0. The van der Waals surface area contributed by atoms with Crippen molar-refractivity contribution < 1.29 is 4.79 Å². The lowest BCUT2D eigenvalue weighted by molar-refractivity contribution is 0.0945. The fraction of sp³-hybridized carbons (Fsp3) is 0.462. The van der Waals surface area contributed by atoms with Crippen LogP contribution >= 0.6 is 28.3 Å². The predicted octanol–water partition coefficient (Wildman–Crippen LogP) is 3.37. The molecule has 0 aliphatic heterocycles. The van der Waals surface area contributed by atoms with Crippen molar-refractivity contribution in [1.82, 2.24) is 5.32 Å². The zero-order valence-electron chi connectivity index (χ0n) is 10.3. The number of benzene rings is 1. The third-order valence-electron chi connectivity index (χ3n) is 3.59. The molecule has 0 bridgehead atoms. The van der Waals surface area contributed by atoms with E-state index in [4.69, 9.17) is 5.73 Å². The number of rotatable bonds is 4. The van der Waals surface area contributed by atoms with E-state index in [9.17, 15) is 4.79 Å². The summed E-state index contributed by atoms with van der Waals surface area (Å²) < 4.78 is 0.888. The van der Waals surface area contributed by atoms with E-state index in [2.05, 4.69) is 28.2 Å². The van der Waals surface area contributed by atoms with Crippen molar-refractivity contribution in [3.8, 4) is 0 Å². The molecule has 3 N–H and O–H groups in total. The molecule has 0 radical (unpaired) electrons. The molecule has 1 aliphatic carbocycles. The first-order chi connectivity index (χ1) is 8.06. The van der Waals surface area contributed by atoms with E-state index < -0.39 is 0 Å². The highest BCUT2D eigenvalue weighted by molar-refractivity contribution is 9.10. The molecule has 0 unspecified atom stereocenters. The molecule has 0 aromatic heterocycles. The molecule has 1 saturated carbocycles. The second kappa shape index (κ2) is 5.93. The van der Waals surface area contributed by atoms with Gasteiger partial charge in [0.2, 0.25) is 0 Å². The summed E-state index contributed by atoms with van der Waals surface area (Å²) in [6.07, 6.45) is 3.57. The van der Waals surface area contributed by atoms with E-state index in [1.807, 2.05) is 6.07 Å². The van der Waals surface area contributed by atoms with Crippen molar-refractivity contribution in [3.63, 3.8) is 0 Å². The molecule has 1 aliphatic rings. The van der Waals surface area contributed by atoms with E-state index in [0.29, 0.717) is 16.7 Å². The molecular weight excluding hydrogens is 316 g/mol. The van der Waals surface area contributed by atoms with Gasteiger partial charge in [-0.25, -0.2) is 0 Å². The molecule has 0 atom stereocenters. The maximum atomic E-state index is 12.0. The van der Waals surface area contributed by atoms with Crippen LogP contribution in [0.4, 0.5) is 5.69 Å². The quantitative estimate of drug-likeness (QED) is 0.830. The maximum Gasteiger partial charge on any atom is 0.253 e. The summed E-state index contributed by atoms with van der Waals surface area (Å²) in [4.78, 5) is 12.0. The average molecular weight is 334 g/mol. The van der Waals surface area contributed by atoms with Gasteiger partial charge in [0, 0.05) is 16.7 Å². The zero-order chi connectivity index (χ0) is 12.5. The summed E-state index contributed by atoms with van der Waals surface area (Å²) in [5.74, 6) is -0.0743. The molecule has 1 amide bonds. The Bertz CT molecular complexity index is 447. The van der Waals surface area contributed by atoms with Crippen LogP contribution in [-0.4, -0.2) is 12.5 Å². The van der Waals surface area contributed by atoms with Crippen molar-refractivity contribution in [1.29, 1.82) is 0 Å². The number of amides is 1. The van der Waals surface area contributed by atoms with Gasteiger partial charge in [-0.1, -0.05) is 22.9 Å². The summed E-state index contributed by atoms with van der Waals surface area (Å²) in [6.45, 7) is 2.94. The van der Waals surface area contributed by atoms with Crippen LogP contribution in [0.1, 0.15) is 36.5 Å². The number of carbonyl (C=O) groups is 1. The minimum Gasteiger partial charge on any atom is -0.398 e. The van der Waals surface area contributed by atoms with Crippen LogP contribution in [-0.2, 0) is 0 Å². The number of anilines is 1. The molecule has 100 valence electrons.